The van der Waals surface area contributed by atoms with Gasteiger partial charge in [0, 0.05) is 0 Å². The van der Waals surface area contributed by atoms with Gasteiger partial charge in [0.1, 0.15) is 0 Å². The van der Waals surface area contributed by atoms with Crippen molar-refractivity contribution in [2.45, 2.75) is 31.6 Å². The molecule has 0 amide bonds. The average molecular weight is 548 g/mol. The van der Waals surface area contributed by atoms with Crippen molar-refractivity contribution in [3.63, 3.8) is 0 Å². The lowest BCUT2D eigenvalue weighted by Crippen LogP contribution is -2.38. The first-order valence-corrected chi connectivity index (χ1v) is 15.7. The van der Waals surface area contributed by atoms with Crippen molar-refractivity contribution in [1.82, 2.24) is 4.72 Å². The van der Waals surface area contributed by atoms with Gasteiger partial charge in [-0.15, -0.1) is 0 Å². The third-order valence-corrected chi connectivity index (χ3v) is 10.7. The van der Waals surface area contributed by atoms with Crippen LogP contribution in [0.2, 0.25) is 0 Å². The summed E-state index contributed by atoms with van der Waals surface area (Å²) in [5, 5.41) is 3.85. The maximum Gasteiger partial charge on any atom is 0.0979 e. The minimum absolute atomic E-state index is 0.233. The highest BCUT2D eigenvalue weighted by Crippen LogP contribution is 2.37. The van der Waals surface area contributed by atoms with Crippen molar-refractivity contribution in [2.75, 3.05) is 0 Å². The zero-order valence-corrected chi connectivity index (χ0v) is 24.3. The van der Waals surface area contributed by atoms with Crippen LogP contribution in [0.4, 0.5) is 0 Å². The Kier molecular flexibility index (Phi) is 8.53. The molecule has 196 valence electrons. The molecule has 0 saturated carbocycles. The second kappa shape index (κ2) is 12.2. The molecule has 0 unspecified atom stereocenters. The van der Waals surface area contributed by atoms with Crippen LogP contribution < -0.4 is 20.6 Å². The number of hydrogen-bond donors (Lipinski definition) is 1. The fourth-order valence-electron chi connectivity index (χ4n) is 4.61. The maximum absolute atomic E-state index is 13.5. The number of hydrogen-bond acceptors (Lipinski definition) is 1. The van der Waals surface area contributed by atoms with Crippen LogP contribution in [0.25, 0.3) is 11.1 Å². The molecule has 2 atom stereocenters. The predicted molar refractivity (Wildman–Crippen MR) is 170 cm³/mol. The van der Waals surface area contributed by atoms with Crippen LogP contribution in [0.3, 0.4) is 0 Å². The summed E-state index contributed by atoms with van der Waals surface area (Å²) < 4.78 is 16.7. The lowest BCUT2D eigenvalue weighted by atomic mass is 9.97. The first-order chi connectivity index (χ1) is 18.9. The molecule has 0 heterocycles. The fraction of sp³-hybridized carbons (Fsp3) is 0.143. The van der Waals surface area contributed by atoms with Crippen molar-refractivity contribution in [2.24, 2.45) is 0 Å². The normalized spacial score (nSPS) is 13.2. The Morgan fingerprint density at radius 3 is 1.59 bits per heavy atom. The van der Waals surface area contributed by atoms with Gasteiger partial charge in [-0.2, -0.15) is 0 Å². The molecule has 0 saturated heterocycles. The molecule has 0 radical (unpaired) electrons. The van der Waals surface area contributed by atoms with E-state index in [1.807, 2.05) is 26.8 Å². The van der Waals surface area contributed by atoms with Crippen molar-refractivity contribution in [3.05, 3.63) is 151 Å². The summed E-state index contributed by atoms with van der Waals surface area (Å²) in [5.41, 5.74) is 4.60. The van der Waals surface area contributed by atoms with Crippen molar-refractivity contribution < 1.29 is 4.21 Å². The molecule has 0 spiro atoms. The zero-order valence-electron chi connectivity index (χ0n) is 22.6. The van der Waals surface area contributed by atoms with E-state index in [1.54, 1.807) is 0 Å². The van der Waals surface area contributed by atoms with E-state index in [9.17, 15) is 4.21 Å². The highest BCUT2D eigenvalue weighted by atomic mass is 32.2. The Hall–Kier alpha value is -3.36. The molecule has 4 heteroatoms. The van der Waals surface area contributed by atoms with Gasteiger partial charge in [-0.05, 0) is 66.9 Å². The number of benzene rings is 5. The lowest BCUT2D eigenvalue weighted by Gasteiger charge is -2.29. The van der Waals surface area contributed by atoms with Crippen molar-refractivity contribution in [1.29, 1.82) is 0 Å². The van der Waals surface area contributed by atoms with Crippen LogP contribution >= 0.6 is 7.92 Å². The summed E-state index contributed by atoms with van der Waals surface area (Å²) in [6, 6.07) is 49.0. The third kappa shape index (κ3) is 6.45. The minimum atomic E-state index is -1.26. The molecule has 5 rings (SSSR count). The van der Waals surface area contributed by atoms with E-state index in [0.29, 0.717) is 0 Å². The van der Waals surface area contributed by atoms with Gasteiger partial charge in [0.15, 0.2) is 0 Å². The van der Waals surface area contributed by atoms with Crippen molar-refractivity contribution >= 4 is 34.8 Å². The van der Waals surface area contributed by atoms with Crippen LogP contribution in [-0.2, 0) is 11.0 Å². The molecule has 2 nitrogen and oxygen atoms in total. The molecule has 39 heavy (non-hydrogen) atoms. The lowest BCUT2D eigenvalue weighted by molar-refractivity contribution is 0.624. The topological polar surface area (TPSA) is 29.1 Å². The molecule has 0 fully saturated rings. The molecule has 5 aromatic carbocycles. The van der Waals surface area contributed by atoms with Crippen LogP contribution in [0.15, 0.2) is 140 Å². The van der Waals surface area contributed by atoms with E-state index in [1.165, 1.54) is 27.0 Å². The van der Waals surface area contributed by atoms with Gasteiger partial charge in [-0.25, -0.2) is 8.93 Å². The largest absolute Gasteiger partial charge is 0.242 e. The SMILES string of the molecule is CC(C)(C)[S@@](=O)N[C@@H](c1ccc(-c2ccccc2)cc1)c1ccccc1P(c1ccccc1)c1ccccc1. The van der Waals surface area contributed by atoms with Crippen LogP contribution in [0, 0.1) is 0 Å². The second-order valence-corrected chi connectivity index (χ2v) is 14.7. The van der Waals surface area contributed by atoms with Gasteiger partial charge in [0.05, 0.1) is 21.8 Å². The summed E-state index contributed by atoms with van der Waals surface area (Å²) in [7, 11) is -2.09. The van der Waals surface area contributed by atoms with E-state index in [2.05, 4.69) is 138 Å². The Morgan fingerprint density at radius 1 is 0.590 bits per heavy atom. The van der Waals surface area contributed by atoms with E-state index < -0.39 is 23.7 Å². The quantitative estimate of drug-likeness (QED) is 0.204. The standard InChI is InChI=1S/C35H34NOPS/c1-35(2,3)39(37)36-34(29-25-23-28(24-26-29)27-15-7-4-8-16-27)32-21-13-14-22-33(32)38(30-17-9-5-10-18-30)31-19-11-6-12-20-31/h4-26,34,36H,1-3H3/t34-,39+/m0/s1. The summed E-state index contributed by atoms with van der Waals surface area (Å²) in [5.74, 6) is 0. The smallest absolute Gasteiger partial charge is 0.0979 e. The van der Waals surface area contributed by atoms with Crippen LogP contribution in [0.5, 0.6) is 0 Å². The van der Waals surface area contributed by atoms with Gasteiger partial charge in [0.2, 0.25) is 0 Å². The summed E-state index contributed by atoms with van der Waals surface area (Å²) >= 11 is 0. The molecular formula is C35H34NOPS. The third-order valence-electron chi connectivity index (χ3n) is 6.65. The molecule has 5 aromatic rings. The average Bonchev–Trinajstić information content (AvgIpc) is 2.97. The first-order valence-electron chi connectivity index (χ1n) is 13.2. The summed E-state index contributed by atoms with van der Waals surface area (Å²) in [6.07, 6.45) is 0. The van der Waals surface area contributed by atoms with Crippen LogP contribution in [0.1, 0.15) is 37.9 Å². The van der Waals surface area contributed by atoms with Gasteiger partial charge >= 0.3 is 0 Å². The highest BCUT2D eigenvalue weighted by molar-refractivity contribution is 7.84. The molecule has 0 aromatic heterocycles. The number of rotatable bonds is 8. The highest BCUT2D eigenvalue weighted by Gasteiger charge is 2.28. The summed E-state index contributed by atoms with van der Waals surface area (Å²) in [4.78, 5) is 0. The Labute approximate surface area is 236 Å². The Balaban J connectivity index is 1.64. The molecule has 0 aliphatic heterocycles. The van der Waals surface area contributed by atoms with E-state index >= 15 is 0 Å². The van der Waals surface area contributed by atoms with Gasteiger partial charge < -0.3 is 0 Å². The van der Waals surface area contributed by atoms with E-state index in [-0.39, 0.29) is 6.04 Å². The van der Waals surface area contributed by atoms with Crippen molar-refractivity contribution in [3.8, 4) is 11.1 Å². The van der Waals surface area contributed by atoms with Gasteiger partial charge in [-0.3, -0.25) is 0 Å². The Bertz CT molecular complexity index is 1480. The van der Waals surface area contributed by atoms with Crippen LogP contribution in [-0.4, -0.2) is 8.96 Å². The van der Waals surface area contributed by atoms with Gasteiger partial charge in [0.25, 0.3) is 0 Å². The minimum Gasteiger partial charge on any atom is -0.242 e. The maximum atomic E-state index is 13.5. The monoisotopic (exact) mass is 547 g/mol. The fourth-order valence-corrected chi connectivity index (χ4v) is 7.93. The molecular weight excluding hydrogens is 513 g/mol. The molecule has 0 bridgehead atoms. The predicted octanol–water partition coefficient (Wildman–Crippen LogP) is 7.25. The second-order valence-electron chi connectivity index (χ2n) is 10.5. The molecule has 1 N–H and O–H groups in total. The first kappa shape index (κ1) is 27.2. The zero-order chi connectivity index (χ0) is 27.2. The van der Waals surface area contributed by atoms with Gasteiger partial charge in [-0.1, -0.05) is 140 Å². The Morgan fingerprint density at radius 2 is 1.05 bits per heavy atom. The van der Waals surface area contributed by atoms with E-state index in [0.717, 1.165) is 11.1 Å². The number of nitrogens with one attached hydrogen (secondary N) is 1. The molecule has 0 aliphatic rings. The van der Waals surface area contributed by atoms with E-state index in [4.69, 9.17) is 0 Å². The summed E-state index contributed by atoms with van der Waals surface area (Å²) in [6.45, 7) is 6.04. The molecule has 0 aliphatic carbocycles.